The molecule has 0 radical (unpaired) electrons. The summed E-state index contributed by atoms with van der Waals surface area (Å²) >= 11 is 1.48. The maximum absolute atomic E-state index is 14.5. The summed E-state index contributed by atoms with van der Waals surface area (Å²) in [6.45, 7) is 2.69. The molecule has 0 bridgehead atoms. The molecule has 178 valence electrons. The Morgan fingerprint density at radius 2 is 1.97 bits per heavy atom. The Kier molecular flexibility index (Phi) is 7.00. The molecular weight excluding hydrogens is 479 g/mol. The van der Waals surface area contributed by atoms with Crippen molar-refractivity contribution in [2.75, 3.05) is 27.8 Å². The SMILES string of the molecule is CCCCN1C(=O)CSc2ccc(Nc3nc(Nc4cccc(S(N)(=O)=O)c4)ncc3F)cc21. The Labute approximate surface area is 201 Å². The van der Waals surface area contributed by atoms with E-state index in [0.29, 0.717) is 23.7 Å². The zero-order chi connectivity index (χ0) is 24.3. The van der Waals surface area contributed by atoms with Crippen LogP contribution in [0.15, 0.2) is 58.5 Å². The van der Waals surface area contributed by atoms with Crippen molar-refractivity contribution in [3.8, 4) is 0 Å². The van der Waals surface area contributed by atoms with Gasteiger partial charge in [-0.1, -0.05) is 19.4 Å². The highest BCUT2D eigenvalue weighted by Crippen LogP contribution is 2.38. The number of carbonyl (C=O) groups is 1. The van der Waals surface area contributed by atoms with Gasteiger partial charge in [0.2, 0.25) is 21.9 Å². The predicted octanol–water partition coefficient (Wildman–Crippen LogP) is 3.99. The fourth-order valence-corrected chi connectivity index (χ4v) is 4.85. The number of nitrogens with zero attached hydrogens (tertiary/aromatic N) is 3. The molecule has 1 aliphatic heterocycles. The number of hydrogen-bond donors (Lipinski definition) is 3. The lowest BCUT2D eigenvalue weighted by Crippen LogP contribution is -2.36. The molecule has 4 N–H and O–H groups in total. The fourth-order valence-electron chi connectivity index (χ4n) is 3.37. The van der Waals surface area contributed by atoms with Crippen LogP contribution in [0.3, 0.4) is 0 Å². The predicted molar refractivity (Wildman–Crippen MR) is 131 cm³/mol. The van der Waals surface area contributed by atoms with Crippen LogP contribution in [0.5, 0.6) is 0 Å². The first-order chi connectivity index (χ1) is 16.2. The van der Waals surface area contributed by atoms with Crippen molar-refractivity contribution in [2.24, 2.45) is 5.14 Å². The number of halogens is 1. The van der Waals surface area contributed by atoms with Gasteiger partial charge in [0.15, 0.2) is 11.6 Å². The van der Waals surface area contributed by atoms with E-state index >= 15 is 0 Å². The molecule has 0 spiro atoms. The second-order valence-electron chi connectivity index (χ2n) is 7.58. The van der Waals surface area contributed by atoms with Gasteiger partial charge >= 0.3 is 0 Å². The third-order valence-corrected chi connectivity index (χ3v) is 7.02. The molecule has 1 aliphatic rings. The van der Waals surface area contributed by atoms with E-state index in [4.69, 9.17) is 5.14 Å². The number of fused-ring (bicyclic) bond motifs is 1. The van der Waals surface area contributed by atoms with E-state index in [-0.39, 0.29) is 22.6 Å². The third-order valence-electron chi connectivity index (χ3n) is 5.06. The summed E-state index contributed by atoms with van der Waals surface area (Å²) in [5, 5.41) is 11.0. The van der Waals surface area contributed by atoms with Crippen molar-refractivity contribution in [1.29, 1.82) is 0 Å². The molecule has 12 heteroatoms. The van der Waals surface area contributed by atoms with Gasteiger partial charge in [0.05, 0.1) is 22.5 Å². The number of rotatable bonds is 8. The van der Waals surface area contributed by atoms with Gasteiger partial charge in [-0.25, -0.2) is 22.9 Å². The van der Waals surface area contributed by atoms with E-state index in [2.05, 4.69) is 27.5 Å². The summed E-state index contributed by atoms with van der Waals surface area (Å²) in [7, 11) is -3.88. The lowest BCUT2D eigenvalue weighted by atomic mass is 10.2. The van der Waals surface area contributed by atoms with E-state index in [1.807, 2.05) is 6.07 Å². The lowest BCUT2D eigenvalue weighted by Gasteiger charge is -2.29. The Balaban J connectivity index is 1.58. The molecule has 1 amide bonds. The molecule has 0 aliphatic carbocycles. The van der Waals surface area contributed by atoms with E-state index in [0.717, 1.165) is 29.6 Å². The Bertz CT molecular complexity index is 1340. The second-order valence-corrected chi connectivity index (χ2v) is 10.2. The van der Waals surface area contributed by atoms with Crippen LogP contribution >= 0.6 is 11.8 Å². The van der Waals surface area contributed by atoms with E-state index in [1.165, 1.54) is 30.0 Å². The Morgan fingerprint density at radius 1 is 1.18 bits per heavy atom. The molecule has 0 unspecified atom stereocenters. The zero-order valence-corrected chi connectivity index (χ0v) is 19.9. The average Bonchev–Trinajstić information content (AvgIpc) is 2.80. The molecule has 0 fully saturated rings. The number of amides is 1. The maximum Gasteiger partial charge on any atom is 0.238 e. The smallest absolute Gasteiger partial charge is 0.238 e. The molecule has 2 aromatic carbocycles. The number of primary sulfonamides is 1. The molecule has 0 saturated heterocycles. The van der Waals surface area contributed by atoms with Gasteiger partial charge in [-0.15, -0.1) is 11.8 Å². The summed E-state index contributed by atoms with van der Waals surface area (Å²) in [4.78, 5) is 23.2. The number of nitrogens with one attached hydrogen (secondary N) is 2. The molecule has 0 atom stereocenters. The average molecular weight is 503 g/mol. The fraction of sp³-hybridized carbons (Fsp3) is 0.227. The van der Waals surface area contributed by atoms with Gasteiger partial charge in [0.25, 0.3) is 0 Å². The summed E-state index contributed by atoms with van der Waals surface area (Å²) in [5.41, 5.74) is 1.72. The van der Waals surface area contributed by atoms with Crippen LogP contribution in [0.2, 0.25) is 0 Å². The van der Waals surface area contributed by atoms with Crippen molar-refractivity contribution >= 4 is 56.5 Å². The molecule has 34 heavy (non-hydrogen) atoms. The Hall–Kier alpha value is -3.22. The largest absolute Gasteiger partial charge is 0.338 e. The standard InChI is InChI=1S/C22H23FN6O3S2/c1-2-3-9-29-18-11-15(7-8-19(18)33-13-20(29)30)26-21-17(23)12-25-22(28-21)27-14-5-4-6-16(10-14)34(24,31)32/h4-8,10-12H,2-3,9,13H2,1H3,(H2,24,31,32)(H2,25,26,27,28). The van der Waals surface area contributed by atoms with Gasteiger partial charge in [-0.05, 0) is 42.8 Å². The normalized spacial score (nSPS) is 13.5. The number of sulfonamides is 1. The van der Waals surface area contributed by atoms with E-state index < -0.39 is 15.8 Å². The van der Waals surface area contributed by atoms with Crippen LogP contribution in [-0.4, -0.2) is 36.6 Å². The summed E-state index contributed by atoms with van der Waals surface area (Å²) in [5.74, 6) is -0.246. The minimum atomic E-state index is -3.88. The van der Waals surface area contributed by atoms with Crippen LogP contribution in [0.25, 0.3) is 0 Å². The second kappa shape index (κ2) is 9.95. The Morgan fingerprint density at radius 3 is 2.74 bits per heavy atom. The van der Waals surface area contributed by atoms with E-state index in [9.17, 15) is 17.6 Å². The van der Waals surface area contributed by atoms with Crippen molar-refractivity contribution in [3.05, 3.63) is 54.5 Å². The number of nitrogens with two attached hydrogens (primary N) is 1. The molecule has 0 saturated carbocycles. The molecule has 4 rings (SSSR count). The molecule has 2 heterocycles. The van der Waals surface area contributed by atoms with Crippen molar-refractivity contribution < 1.29 is 17.6 Å². The van der Waals surface area contributed by atoms with Crippen LogP contribution in [0, 0.1) is 5.82 Å². The zero-order valence-electron chi connectivity index (χ0n) is 18.3. The van der Waals surface area contributed by atoms with Gasteiger partial charge in [-0.2, -0.15) is 4.98 Å². The highest BCUT2D eigenvalue weighted by atomic mass is 32.2. The highest BCUT2D eigenvalue weighted by molar-refractivity contribution is 8.00. The summed E-state index contributed by atoms with van der Waals surface area (Å²) in [6, 6.07) is 11.3. The van der Waals surface area contributed by atoms with Gasteiger partial charge in [-0.3, -0.25) is 4.79 Å². The number of benzene rings is 2. The first kappa shape index (κ1) is 23.9. The number of aromatic nitrogens is 2. The van der Waals surface area contributed by atoms with E-state index in [1.54, 1.807) is 23.1 Å². The van der Waals surface area contributed by atoms with Crippen LogP contribution in [0.4, 0.5) is 33.2 Å². The van der Waals surface area contributed by atoms with Crippen LogP contribution < -0.4 is 20.7 Å². The topological polar surface area (TPSA) is 130 Å². The minimum absolute atomic E-state index is 0.0459. The van der Waals surface area contributed by atoms with Crippen LogP contribution in [0.1, 0.15) is 19.8 Å². The lowest BCUT2D eigenvalue weighted by molar-refractivity contribution is -0.116. The minimum Gasteiger partial charge on any atom is -0.338 e. The first-order valence-electron chi connectivity index (χ1n) is 10.5. The third kappa shape index (κ3) is 5.46. The maximum atomic E-state index is 14.5. The molecule has 3 aromatic rings. The summed E-state index contributed by atoms with van der Waals surface area (Å²) in [6.07, 6.45) is 2.86. The first-order valence-corrected chi connectivity index (χ1v) is 13.0. The van der Waals surface area contributed by atoms with Gasteiger partial charge < -0.3 is 15.5 Å². The van der Waals surface area contributed by atoms with Crippen molar-refractivity contribution in [3.63, 3.8) is 0 Å². The number of thioether (sulfide) groups is 1. The summed E-state index contributed by atoms with van der Waals surface area (Å²) < 4.78 is 37.6. The highest BCUT2D eigenvalue weighted by Gasteiger charge is 2.24. The molecular formula is C22H23FN6O3S2. The number of carbonyl (C=O) groups excluding carboxylic acids is 1. The van der Waals surface area contributed by atoms with Crippen LogP contribution in [-0.2, 0) is 14.8 Å². The van der Waals surface area contributed by atoms with Crippen molar-refractivity contribution in [1.82, 2.24) is 9.97 Å². The molecule has 9 nitrogen and oxygen atoms in total. The number of unbranched alkanes of at least 4 members (excludes halogenated alkanes) is 1. The number of hydrogen-bond acceptors (Lipinski definition) is 8. The monoisotopic (exact) mass is 502 g/mol. The van der Waals surface area contributed by atoms with Gasteiger partial charge in [0.1, 0.15) is 0 Å². The molecule has 1 aromatic heterocycles. The van der Waals surface area contributed by atoms with Crippen molar-refractivity contribution in [2.45, 2.75) is 29.6 Å². The quantitative estimate of drug-likeness (QED) is 0.422. The number of anilines is 5. The van der Waals surface area contributed by atoms with Gasteiger partial charge in [0, 0.05) is 22.8 Å².